The zero-order valence-corrected chi connectivity index (χ0v) is 26.2. The summed E-state index contributed by atoms with van der Waals surface area (Å²) >= 11 is 0. The third-order valence-corrected chi connectivity index (χ3v) is 7.75. The Labute approximate surface area is 256 Å². The molecule has 1 aliphatic rings. The largest absolute Gasteiger partial charge is 0.377 e. The van der Waals surface area contributed by atoms with Crippen LogP contribution in [0.4, 0.5) is 0 Å². The lowest BCUT2D eigenvalue weighted by atomic mass is 9.92. The second kappa shape index (κ2) is 15.7. The standard InChI is InChI=1S/C37H47NO5/c1-26(2)17-33-24-40-15-13-39-14-16-41-25-34(18-27(3)4)43-23-32-21-30(20-31(38-32)22-42-33)37-35-11-7-5-9-28(35)19-29-10-6-8-12-36(29)37/h5-12,19-21,26-27,33-34H,13-18,22-25H2,1-4H3/t33-,34-/m0/s1. The zero-order valence-electron chi connectivity index (χ0n) is 26.2. The SMILES string of the molecule is CC(C)C[C@H]1COCCOCCOC[C@H](CC(C)C)OCc2cc(-c3c4ccccc4cc4ccccc34)cc(n2)CO1. The Morgan fingerprint density at radius 1 is 0.628 bits per heavy atom. The average Bonchev–Trinajstić information content (AvgIpc) is 2.99. The quantitative estimate of drug-likeness (QED) is 0.221. The molecule has 5 rings (SSSR count). The Kier molecular flexibility index (Phi) is 11.5. The lowest BCUT2D eigenvalue weighted by Crippen LogP contribution is -2.25. The van der Waals surface area contributed by atoms with Crippen molar-refractivity contribution in [3.63, 3.8) is 0 Å². The first-order valence-corrected chi connectivity index (χ1v) is 15.8. The summed E-state index contributed by atoms with van der Waals surface area (Å²) in [6.07, 6.45) is 1.77. The van der Waals surface area contributed by atoms with E-state index in [9.17, 15) is 0 Å². The minimum Gasteiger partial charge on any atom is -0.377 e. The molecule has 1 aliphatic heterocycles. The average molecular weight is 586 g/mol. The van der Waals surface area contributed by atoms with Crippen LogP contribution in [0.15, 0.2) is 66.7 Å². The molecule has 2 bridgehead atoms. The highest BCUT2D eigenvalue weighted by molar-refractivity contribution is 6.12. The zero-order chi connectivity index (χ0) is 30.0. The number of hydrogen-bond donors (Lipinski definition) is 0. The summed E-state index contributed by atoms with van der Waals surface area (Å²) in [5, 5.41) is 4.88. The maximum atomic E-state index is 6.49. The number of hydrogen-bond acceptors (Lipinski definition) is 6. The van der Waals surface area contributed by atoms with Crippen LogP contribution in [0.1, 0.15) is 51.9 Å². The van der Waals surface area contributed by atoms with Crippen LogP contribution >= 0.6 is 0 Å². The Hall–Kier alpha value is -2.87. The summed E-state index contributed by atoms with van der Waals surface area (Å²) in [5.74, 6) is 0.978. The van der Waals surface area contributed by atoms with Crippen LogP contribution in [0.5, 0.6) is 0 Å². The van der Waals surface area contributed by atoms with Gasteiger partial charge in [0.15, 0.2) is 0 Å². The van der Waals surface area contributed by atoms with Gasteiger partial charge in [0, 0.05) is 0 Å². The van der Waals surface area contributed by atoms with E-state index in [-0.39, 0.29) is 12.2 Å². The van der Waals surface area contributed by atoms with E-state index in [2.05, 4.69) is 94.4 Å². The molecule has 0 saturated carbocycles. The Balaban J connectivity index is 1.54. The molecule has 2 heterocycles. The van der Waals surface area contributed by atoms with Gasteiger partial charge in [0.1, 0.15) is 0 Å². The van der Waals surface area contributed by atoms with Gasteiger partial charge in [-0.15, -0.1) is 0 Å². The van der Waals surface area contributed by atoms with Gasteiger partial charge in [-0.25, -0.2) is 0 Å². The van der Waals surface area contributed by atoms with Gasteiger partial charge in [-0.05, 0) is 75.5 Å². The molecule has 230 valence electrons. The molecule has 6 heteroatoms. The van der Waals surface area contributed by atoms with Crippen molar-refractivity contribution in [3.8, 4) is 11.1 Å². The summed E-state index contributed by atoms with van der Waals surface area (Å²) < 4.78 is 30.6. The molecular weight excluding hydrogens is 538 g/mol. The van der Waals surface area contributed by atoms with Gasteiger partial charge < -0.3 is 23.7 Å². The second-order valence-electron chi connectivity index (χ2n) is 12.4. The monoisotopic (exact) mass is 585 g/mol. The molecule has 0 spiro atoms. The van der Waals surface area contributed by atoms with Crippen LogP contribution in [0.2, 0.25) is 0 Å². The normalized spacial score (nSPS) is 20.0. The lowest BCUT2D eigenvalue weighted by Gasteiger charge is -2.22. The molecule has 0 fully saturated rings. The van der Waals surface area contributed by atoms with E-state index in [1.54, 1.807) is 0 Å². The van der Waals surface area contributed by atoms with Gasteiger partial charge in [0.05, 0.1) is 76.5 Å². The molecule has 6 nitrogen and oxygen atoms in total. The fourth-order valence-electron chi connectivity index (χ4n) is 5.86. The highest BCUT2D eigenvalue weighted by Crippen LogP contribution is 2.37. The molecule has 0 amide bonds. The molecule has 4 aromatic rings. The Bertz CT molecular complexity index is 1350. The van der Waals surface area contributed by atoms with Crippen molar-refractivity contribution < 1.29 is 23.7 Å². The minimum absolute atomic E-state index is 0.0267. The van der Waals surface area contributed by atoms with Crippen LogP contribution in [-0.4, -0.2) is 56.8 Å². The van der Waals surface area contributed by atoms with Gasteiger partial charge in [-0.2, -0.15) is 0 Å². The summed E-state index contributed by atoms with van der Waals surface area (Å²) in [6, 6.07) is 23.9. The van der Waals surface area contributed by atoms with Crippen LogP contribution in [0, 0.1) is 11.8 Å². The Morgan fingerprint density at radius 3 is 1.58 bits per heavy atom. The van der Waals surface area contributed by atoms with Crippen molar-refractivity contribution in [1.82, 2.24) is 4.98 Å². The van der Waals surface area contributed by atoms with Gasteiger partial charge in [-0.3, -0.25) is 4.98 Å². The van der Waals surface area contributed by atoms with E-state index < -0.39 is 0 Å². The molecule has 3 aromatic carbocycles. The van der Waals surface area contributed by atoms with Gasteiger partial charge in [0.2, 0.25) is 0 Å². The maximum absolute atomic E-state index is 6.49. The lowest BCUT2D eigenvalue weighted by molar-refractivity contribution is -0.0612. The smallest absolute Gasteiger partial charge is 0.0893 e. The van der Waals surface area contributed by atoms with Crippen LogP contribution in [0.3, 0.4) is 0 Å². The summed E-state index contributed by atoms with van der Waals surface area (Å²) in [4.78, 5) is 5.06. The van der Waals surface area contributed by atoms with Crippen molar-refractivity contribution in [2.24, 2.45) is 11.8 Å². The van der Waals surface area contributed by atoms with Crippen molar-refractivity contribution in [2.45, 2.75) is 66.0 Å². The first-order valence-electron chi connectivity index (χ1n) is 15.8. The van der Waals surface area contributed by atoms with Crippen LogP contribution in [-0.2, 0) is 36.9 Å². The number of benzene rings is 3. The number of fused-ring (bicyclic) bond motifs is 4. The minimum atomic E-state index is -0.0267. The van der Waals surface area contributed by atoms with E-state index in [1.165, 1.54) is 27.1 Å². The van der Waals surface area contributed by atoms with E-state index in [1.807, 2.05) is 0 Å². The molecule has 2 atom stereocenters. The number of pyridine rings is 1. The van der Waals surface area contributed by atoms with E-state index >= 15 is 0 Å². The molecule has 0 saturated heterocycles. The number of rotatable bonds is 5. The summed E-state index contributed by atoms with van der Waals surface area (Å²) in [5.41, 5.74) is 4.12. The number of nitrogens with zero attached hydrogens (tertiary/aromatic N) is 1. The van der Waals surface area contributed by atoms with E-state index in [0.717, 1.165) is 29.8 Å². The van der Waals surface area contributed by atoms with E-state index in [4.69, 9.17) is 28.7 Å². The predicted octanol–water partition coefficient (Wildman–Crippen LogP) is 7.98. The predicted molar refractivity (Wildman–Crippen MR) is 173 cm³/mol. The maximum Gasteiger partial charge on any atom is 0.0893 e. The highest BCUT2D eigenvalue weighted by atomic mass is 16.6. The van der Waals surface area contributed by atoms with Crippen LogP contribution in [0.25, 0.3) is 32.7 Å². The number of ether oxygens (including phenoxy) is 5. The van der Waals surface area contributed by atoms with Crippen molar-refractivity contribution in [1.29, 1.82) is 0 Å². The molecule has 0 N–H and O–H groups in total. The third kappa shape index (κ3) is 9.07. The molecule has 0 aliphatic carbocycles. The van der Waals surface area contributed by atoms with Gasteiger partial charge >= 0.3 is 0 Å². The van der Waals surface area contributed by atoms with Gasteiger partial charge in [-0.1, -0.05) is 76.2 Å². The van der Waals surface area contributed by atoms with E-state index in [0.29, 0.717) is 64.7 Å². The van der Waals surface area contributed by atoms with Crippen molar-refractivity contribution >= 4 is 21.5 Å². The highest BCUT2D eigenvalue weighted by Gasteiger charge is 2.18. The van der Waals surface area contributed by atoms with Gasteiger partial charge in [0.25, 0.3) is 0 Å². The number of aromatic nitrogens is 1. The Morgan fingerprint density at radius 2 is 1.09 bits per heavy atom. The van der Waals surface area contributed by atoms with Crippen LogP contribution < -0.4 is 0 Å². The fraction of sp³-hybridized carbons (Fsp3) is 0.486. The molecular formula is C37H47NO5. The first kappa shape index (κ1) is 31.6. The van der Waals surface area contributed by atoms with Crippen molar-refractivity contribution in [3.05, 3.63) is 78.1 Å². The summed E-state index contributed by atoms with van der Waals surface area (Å²) in [7, 11) is 0. The molecule has 43 heavy (non-hydrogen) atoms. The first-order chi connectivity index (χ1) is 21.0. The second-order valence-corrected chi connectivity index (χ2v) is 12.4. The molecule has 0 radical (unpaired) electrons. The third-order valence-electron chi connectivity index (χ3n) is 7.75. The summed E-state index contributed by atoms with van der Waals surface area (Å²) in [6.45, 7) is 12.8. The van der Waals surface area contributed by atoms with Crippen molar-refractivity contribution in [2.75, 3.05) is 39.6 Å². The fourth-order valence-corrected chi connectivity index (χ4v) is 5.86. The molecule has 0 unspecified atom stereocenters. The topological polar surface area (TPSA) is 59.0 Å². The molecule has 1 aromatic heterocycles.